The number of rotatable bonds is 4. The Labute approximate surface area is 203 Å². The molecular formula is C28H36N6. The van der Waals surface area contributed by atoms with Crippen molar-refractivity contribution in [1.82, 2.24) is 24.1 Å². The Balaban J connectivity index is 1.70. The highest BCUT2D eigenvalue weighted by Crippen LogP contribution is 2.30. The first-order valence-corrected chi connectivity index (χ1v) is 11.8. The van der Waals surface area contributed by atoms with Crippen molar-refractivity contribution in [2.24, 2.45) is 7.05 Å². The maximum atomic E-state index is 5.03. The largest absolute Gasteiger partial charge is 0.319 e. The van der Waals surface area contributed by atoms with E-state index in [1.54, 1.807) is 0 Å². The molecule has 0 atom stereocenters. The standard InChI is InChI=1S/C28H36N6/c1-26(2,3)22-16-33(18-29-22)24-14-10-12-20(30-24)28(7,8)21-13-11-15-25(31-21)34-17-23(27(4,5)6)32(9)19-34/h10-18H,1-9H3. The van der Waals surface area contributed by atoms with Crippen molar-refractivity contribution < 1.29 is 4.57 Å². The number of nitrogens with zero attached hydrogens (tertiary/aromatic N) is 6. The molecule has 0 radical (unpaired) electrons. The quantitative estimate of drug-likeness (QED) is 0.321. The topological polar surface area (TPSA) is 52.4 Å². The van der Waals surface area contributed by atoms with E-state index in [-0.39, 0.29) is 16.2 Å². The van der Waals surface area contributed by atoms with Crippen molar-refractivity contribution in [3.8, 4) is 11.6 Å². The van der Waals surface area contributed by atoms with Gasteiger partial charge in [0.15, 0.2) is 0 Å². The number of hydrogen-bond donors (Lipinski definition) is 0. The average Bonchev–Trinajstić information content (AvgIpc) is 3.41. The summed E-state index contributed by atoms with van der Waals surface area (Å²) in [6, 6.07) is 12.3. The molecule has 4 aromatic heterocycles. The number of pyridine rings is 2. The molecule has 4 heterocycles. The van der Waals surface area contributed by atoms with Crippen LogP contribution in [0.3, 0.4) is 0 Å². The van der Waals surface area contributed by atoms with Crippen LogP contribution in [0.5, 0.6) is 0 Å². The highest BCUT2D eigenvalue weighted by atomic mass is 15.2. The Morgan fingerprint density at radius 2 is 1.32 bits per heavy atom. The summed E-state index contributed by atoms with van der Waals surface area (Å²) < 4.78 is 6.01. The van der Waals surface area contributed by atoms with Crippen LogP contribution in [0.15, 0.2) is 55.1 Å². The second kappa shape index (κ2) is 8.19. The molecule has 0 saturated heterocycles. The molecule has 4 rings (SSSR count). The summed E-state index contributed by atoms with van der Waals surface area (Å²) in [4.78, 5) is 14.6. The van der Waals surface area contributed by atoms with Gasteiger partial charge in [-0.1, -0.05) is 53.7 Å². The first kappa shape index (κ1) is 23.9. The molecule has 178 valence electrons. The summed E-state index contributed by atoms with van der Waals surface area (Å²) >= 11 is 0. The number of imidazole rings is 2. The van der Waals surface area contributed by atoms with E-state index in [0.29, 0.717) is 0 Å². The van der Waals surface area contributed by atoms with Crippen molar-refractivity contribution in [1.29, 1.82) is 0 Å². The van der Waals surface area contributed by atoms with Gasteiger partial charge >= 0.3 is 0 Å². The van der Waals surface area contributed by atoms with Gasteiger partial charge in [-0.25, -0.2) is 9.97 Å². The molecule has 0 aliphatic rings. The minimum absolute atomic E-state index is 0.00846. The Morgan fingerprint density at radius 3 is 1.85 bits per heavy atom. The van der Waals surface area contributed by atoms with Crippen molar-refractivity contribution in [3.05, 3.63) is 84.2 Å². The van der Waals surface area contributed by atoms with Gasteiger partial charge in [-0.3, -0.25) is 9.55 Å². The lowest BCUT2D eigenvalue weighted by Crippen LogP contribution is -2.36. The first-order chi connectivity index (χ1) is 15.8. The third kappa shape index (κ3) is 4.54. The molecule has 0 fully saturated rings. The van der Waals surface area contributed by atoms with Gasteiger partial charge in [0.2, 0.25) is 6.33 Å². The zero-order chi connectivity index (χ0) is 24.9. The van der Waals surface area contributed by atoms with E-state index in [1.807, 2.05) is 39.2 Å². The third-order valence-corrected chi connectivity index (χ3v) is 6.25. The van der Waals surface area contributed by atoms with Crippen molar-refractivity contribution in [2.45, 2.75) is 71.6 Å². The fraction of sp³-hybridized carbons (Fsp3) is 0.429. The molecule has 6 nitrogen and oxygen atoms in total. The third-order valence-electron chi connectivity index (χ3n) is 6.25. The maximum Gasteiger partial charge on any atom is 0.244 e. The van der Waals surface area contributed by atoms with Gasteiger partial charge in [0.05, 0.1) is 18.4 Å². The Morgan fingerprint density at radius 1 is 0.735 bits per heavy atom. The SMILES string of the molecule is C[n+]1[c-]n(-c2cccc(C(C)(C)c3cccc(-n4cnc(C(C)(C)C)c4)n3)n2)cc1C(C)(C)C. The van der Waals surface area contributed by atoms with E-state index in [0.717, 1.165) is 28.7 Å². The molecule has 4 aromatic rings. The van der Waals surface area contributed by atoms with Crippen LogP contribution in [-0.4, -0.2) is 24.1 Å². The van der Waals surface area contributed by atoms with Crippen LogP contribution in [-0.2, 0) is 23.3 Å². The molecule has 34 heavy (non-hydrogen) atoms. The van der Waals surface area contributed by atoms with Crippen LogP contribution in [0, 0.1) is 6.33 Å². The van der Waals surface area contributed by atoms with E-state index in [2.05, 4.69) is 103 Å². The summed E-state index contributed by atoms with van der Waals surface area (Å²) in [5.74, 6) is 1.70. The lowest BCUT2D eigenvalue weighted by molar-refractivity contribution is -0.685. The van der Waals surface area contributed by atoms with Crippen LogP contribution in [0.25, 0.3) is 11.6 Å². The lowest BCUT2D eigenvalue weighted by Gasteiger charge is -2.25. The molecule has 0 N–H and O–H groups in total. The molecule has 0 aromatic carbocycles. The van der Waals surface area contributed by atoms with Gasteiger partial charge in [-0.2, -0.15) is 0 Å². The van der Waals surface area contributed by atoms with Gasteiger partial charge in [0.1, 0.15) is 18.0 Å². The van der Waals surface area contributed by atoms with Crippen molar-refractivity contribution in [3.63, 3.8) is 0 Å². The van der Waals surface area contributed by atoms with E-state index >= 15 is 0 Å². The second-order valence-corrected chi connectivity index (χ2v) is 11.6. The van der Waals surface area contributed by atoms with Crippen molar-refractivity contribution >= 4 is 0 Å². The minimum Gasteiger partial charge on any atom is -0.319 e. The molecule has 0 saturated carbocycles. The minimum atomic E-state index is -0.387. The predicted octanol–water partition coefficient (Wildman–Crippen LogP) is 5.00. The van der Waals surface area contributed by atoms with Gasteiger partial charge in [0, 0.05) is 34.6 Å². The lowest BCUT2D eigenvalue weighted by atomic mass is 9.84. The zero-order valence-electron chi connectivity index (χ0n) is 21.9. The monoisotopic (exact) mass is 456 g/mol. The highest BCUT2D eigenvalue weighted by Gasteiger charge is 2.27. The van der Waals surface area contributed by atoms with Crippen LogP contribution < -0.4 is 4.57 Å². The molecule has 0 spiro atoms. The van der Waals surface area contributed by atoms with Gasteiger partial charge < -0.3 is 9.13 Å². The Bertz CT molecular complexity index is 1310. The van der Waals surface area contributed by atoms with Crippen molar-refractivity contribution in [2.75, 3.05) is 0 Å². The number of aryl methyl sites for hydroxylation is 1. The van der Waals surface area contributed by atoms with E-state index in [4.69, 9.17) is 9.97 Å². The molecule has 0 bridgehead atoms. The van der Waals surface area contributed by atoms with Crippen LogP contribution in [0.4, 0.5) is 0 Å². The van der Waals surface area contributed by atoms with E-state index in [1.165, 1.54) is 5.69 Å². The molecule has 0 aliphatic heterocycles. The van der Waals surface area contributed by atoms with Crippen LogP contribution in [0.2, 0.25) is 0 Å². The van der Waals surface area contributed by atoms with Gasteiger partial charge in [-0.05, 0) is 43.5 Å². The Kier molecular flexibility index (Phi) is 5.75. The fourth-order valence-corrected chi connectivity index (χ4v) is 4.05. The normalized spacial score (nSPS) is 12.9. The van der Waals surface area contributed by atoms with Gasteiger partial charge in [-0.15, -0.1) is 0 Å². The summed E-state index contributed by atoms with van der Waals surface area (Å²) in [5.41, 5.74) is 3.78. The predicted molar refractivity (Wildman–Crippen MR) is 134 cm³/mol. The number of aromatic nitrogens is 6. The average molecular weight is 457 g/mol. The summed E-state index contributed by atoms with van der Waals surface area (Å²) in [6.07, 6.45) is 9.39. The van der Waals surface area contributed by atoms with Crippen LogP contribution in [0.1, 0.15) is 78.2 Å². The number of hydrogen-bond acceptors (Lipinski definition) is 3. The summed E-state index contributed by atoms with van der Waals surface area (Å²) in [5, 5.41) is 0. The Hall–Kier alpha value is -3.28. The molecular weight excluding hydrogens is 420 g/mol. The first-order valence-electron chi connectivity index (χ1n) is 11.8. The smallest absolute Gasteiger partial charge is 0.244 e. The fourth-order valence-electron chi connectivity index (χ4n) is 4.05. The van der Waals surface area contributed by atoms with E-state index < -0.39 is 0 Å². The van der Waals surface area contributed by atoms with E-state index in [9.17, 15) is 0 Å². The highest BCUT2D eigenvalue weighted by molar-refractivity contribution is 5.36. The zero-order valence-corrected chi connectivity index (χ0v) is 21.9. The molecule has 0 amide bonds. The molecule has 6 heteroatoms. The van der Waals surface area contributed by atoms with Crippen LogP contribution >= 0.6 is 0 Å². The summed E-state index contributed by atoms with van der Waals surface area (Å²) in [7, 11) is 2.03. The molecule has 0 aliphatic carbocycles. The molecule has 0 unspecified atom stereocenters. The summed E-state index contributed by atoms with van der Waals surface area (Å²) in [6.45, 7) is 17.4. The maximum absolute atomic E-state index is 5.03. The second-order valence-electron chi connectivity index (χ2n) is 11.6. The van der Waals surface area contributed by atoms with Gasteiger partial charge in [0.25, 0.3) is 0 Å².